The lowest BCUT2D eigenvalue weighted by Gasteiger charge is -2.02. The Balaban J connectivity index is 1.71. The zero-order chi connectivity index (χ0) is 13.8. The van der Waals surface area contributed by atoms with Crippen LogP contribution in [0.4, 0.5) is 0 Å². The third-order valence-electron chi connectivity index (χ3n) is 3.04. The second-order valence-electron chi connectivity index (χ2n) is 4.42. The molecule has 0 spiro atoms. The Morgan fingerprint density at radius 3 is 2.70 bits per heavy atom. The number of nitrogens with zero attached hydrogens (tertiary/aromatic N) is 3. The van der Waals surface area contributed by atoms with E-state index in [4.69, 9.17) is 0 Å². The first-order valence-electron chi connectivity index (χ1n) is 6.33. The smallest absolute Gasteiger partial charge is 0.209 e. The quantitative estimate of drug-likeness (QED) is 0.744. The number of nitrogens with one attached hydrogen (secondary N) is 1. The number of hydrogen-bond donors (Lipinski definition) is 1. The van der Waals surface area contributed by atoms with E-state index in [1.165, 1.54) is 11.1 Å². The molecule has 0 bridgehead atoms. The molecule has 3 rings (SSSR count). The lowest BCUT2D eigenvalue weighted by Crippen LogP contribution is -1.86. The Kier molecular flexibility index (Phi) is 3.78. The minimum atomic E-state index is 0.764. The molecule has 2 aromatic heterocycles. The maximum absolute atomic E-state index is 4.49. The summed E-state index contributed by atoms with van der Waals surface area (Å²) in [5, 5.41) is 7.97. The van der Waals surface area contributed by atoms with Crippen LogP contribution < -0.4 is 0 Å². The van der Waals surface area contributed by atoms with Crippen molar-refractivity contribution in [3.8, 4) is 11.4 Å². The predicted octanol–water partition coefficient (Wildman–Crippen LogP) is 3.47. The molecule has 0 aliphatic carbocycles. The second-order valence-corrected chi connectivity index (χ2v) is 5.36. The standard InChI is InChI=1S/C15H14N4S/c1-11-4-2-3-5-13(11)10-20-15-17-14(18-19-15)12-6-8-16-9-7-12/h2-9H,10H2,1H3,(H,17,18,19). The van der Waals surface area contributed by atoms with Crippen molar-refractivity contribution in [3.63, 3.8) is 0 Å². The van der Waals surface area contributed by atoms with Crippen LogP contribution in [0.3, 0.4) is 0 Å². The van der Waals surface area contributed by atoms with E-state index < -0.39 is 0 Å². The van der Waals surface area contributed by atoms with Crippen molar-refractivity contribution in [2.45, 2.75) is 17.8 Å². The van der Waals surface area contributed by atoms with E-state index in [1.54, 1.807) is 24.2 Å². The molecule has 4 nitrogen and oxygen atoms in total. The van der Waals surface area contributed by atoms with Gasteiger partial charge >= 0.3 is 0 Å². The molecule has 0 amide bonds. The first kappa shape index (κ1) is 12.9. The van der Waals surface area contributed by atoms with Crippen LogP contribution in [0.1, 0.15) is 11.1 Å². The van der Waals surface area contributed by atoms with Gasteiger partial charge in [0.25, 0.3) is 0 Å². The van der Waals surface area contributed by atoms with Crippen LogP contribution >= 0.6 is 11.8 Å². The number of hydrogen-bond acceptors (Lipinski definition) is 4. The highest BCUT2D eigenvalue weighted by Gasteiger charge is 2.06. The molecule has 0 atom stereocenters. The summed E-state index contributed by atoms with van der Waals surface area (Å²) in [5.74, 6) is 1.65. The lowest BCUT2D eigenvalue weighted by atomic mass is 10.1. The molecule has 0 saturated heterocycles. The fourth-order valence-electron chi connectivity index (χ4n) is 1.86. The fraction of sp³-hybridized carbons (Fsp3) is 0.133. The van der Waals surface area contributed by atoms with Crippen LogP contribution in [-0.4, -0.2) is 20.2 Å². The molecule has 5 heteroatoms. The van der Waals surface area contributed by atoms with E-state index in [2.05, 4.69) is 51.4 Å². The summed E-state index contributed by atoms with van der Waals surface area (Å²) >= 11 is 1.63. The maximum Gasteiger partial charge on any atom is 0.209 e. The van der Waals surface area contributed by atoms with Gasteiger partial charge in [0.05, 0.1) is 0 Å². The number of aromatic amines is 1. The van der Waals surface area contributed by atoms with Crippen molar-refractivity contribution >= 4 is 11.8 Å². The summed E-state index contributed by atoms with van der Waals surface area (Å²) in [5.41, 5.74) is 3.60. The number of benzene rings is 1. The van der Waals surface area contributed by atoms with Gasteiger partial charge in [-0.2, -0.15) is 0 Å². The second kappa shape index (κ2) is 5.88. The van der Waals surface area contributed by atoms with Gasteiger partial charge in [-0.05, 0) is 30.2 Å². The van der Waals surface area contributed by atoms with E-state index in [0.29, 0.717) is 0 Å². The van der Waals surface area contributed by atoms with E-state index in [9.17, 15) is 0 Å². The molecule has 2 heterocycles. The Labute approximate surface area is 121 Å². The van der Waals surface area contributed by atoms with Crippen LogP contribution in [0.5, 0.6) is 0 Å². The Bertz CT molecular complexity index is 694. The molecule has 0 aliphatic rings. The molecule has 1 aromatic carbocycles. The van der Waals surface area contributed by atoms with E-state index >= 15 is 0 Å². The van der Waals surface area contributed by atoms with Crippen LogP contribution in [0.2, 0.25) is 0 Å². The lowest BCUT2D eigenvalue weighted by molar-refractivity contribution is 0.973. The fourth-order valence-corrected chi connectivity index (χ4v) is 2.74. The number of thioether (sulfide) groups is 1. The summed E-state index contributed by atoms with van der Waals surface area (Å²) < 4.78 is 0. The first-order chi connectivity index (χ1) is 9.83. The highest BCUT2D eigenvalue weighted by Crippen LogP contribution is 2.23. The summed E-state index contributed by atoms with van der Waals surface area (Å²) in [6.45, 7) is 2.12. The average molecular weight is 282 g/mol. The minimum absolute atomic E-state index is 0.764. The van der Waals surface area contributed by atoms with Crippen LogP contribution in [-0.2, 0) is 5.75 Å². The summed E-state index contributed by atoms with van der Waals surface area (Å²) in [4.78, 5) is 8.49. The topological polar surface area (TPSA) is 54.5 Å². The zero-order valence-electron chi connectivity index (χ0n) is 11.1. The highest BCUT2D eigenvalue weighted by molar-refractivity contribution is 7.98. The van der Waals surface area contributed by atoms with Gasteiger partial charge in [-0.1, -0.05) is 36.0 Å². The maximum atomic E-state index is 4.49. The molecule has 1 N–H and O–H groups in total. The molecule has 0 unspecified atom stereocenters. The number of pyridine rings is 1. The molecule has 100 valence electrons. The first-order valence-corrected chi connectivity index (χ1v) is 7.31. The molecular weight excluding hydrogens is 268 g/mol. The van der Waals surface area contributed by atoms with Crippen molar-refractivity contribution in [2.24, 2.45) is 0 Å². The SMILES string of the molecule is Cc1ccccc1CSc1n[nH]c(-c2ccncc2)n1. The molecule has 0 saturated carbocycles. The number of H-pyrrole nitrogens is 1. The molecular formula is C15H14N4S. The summed E-state index contributed by atoms with van der Waals surface area (Å²) in [6, 6.07) is 12.2. The average Bonchev–Trinajstić information content (AvgIpc) is 2.96. The van der Waals surface area contributed by atoms with Gasteiger partial charge in [-0.15, -0.1) is 5.10 Å². The normalized spacial score (nSPS) is 10.7. The molecule has 0 aliphatic heterocycles. The van der Waals surface area contributed by atoms with Gasteiger partial charge in [0.1, 0.15) is 0 Å². The van der Waals surface area contributed by atoms with E-state index in [1.807, 2.05) is 12.1 Å². The largest absolute Gasteiger partial charge is 0.265 e. The van der Waals surface area contributed by atoms with E-state index in [0.717, 1.165) is 22.3 Å². The van der Waals surface area contributed by atoms with Crippen LogP contribution in [0.15, 0.2) is 53.9 Å². The van der Waals surface area contributed by atoms with Crippen LogP contribution in [0.25, 0.3) is 11.4 Å². The molecule has 3 aromatic rings. The van der Waals surface area contributed by atoms with Crippen molar-refractivity contribution in [3.05, 3.63) is 59.9 Å². The van der Waals surface area contributed by atoms with Crippen molar-refractivity contribution < 1.29 is 0 Å². The molecule has 0 fully saturated rings. The third kappa shape index (κ3) is 2.88. The predicted molar refractivity (Wildman–Crippen MR) is 80.4 cm³/mol. The van der Waals surface area contributed by atoms with Gasteiger partial charge in [0, 0.05) is 23.7 Å². The number of rotatable bonds is 4. The van der Waals surface area contributed by atoms with Crippen molar-refractivity contribution in [2.75, 3.05) is 0 Å². The van der Waals surface area contributed by atoms with Crippen LogP contribution in [0, 0.1) is 6.92 Å². The van der Waals surface area contributed by atoms with Gasteiger partial charge < -0.3 is 0 Å². The Morgan fingerprint density at radius 2 is 1.90 bits per heavy atom. The Morgan fingerprint density at radius 1 is 1.10 bits per heavy atom. The monoisotopic (exact) mass is 282 g/mol. The van der Waals surface area contributed by atoms with Crippen molar-refractivity contribution in [1.29, 1.82) is 0 Å². The van der Waals surface area contributed by atoms with Gasteiger partial charge in [0.15, 0.2) is 5.82 Å². The van der Waals surface area contributed by atoms with Gasteiger partial charge in [-0.25, -0.2) is 4.98 Å². The van der Waals surface area contributed by atoms with E-state index in [-0.39, 0.29) is 0 Å². The van der Waals surface area contributed by atoms with Gasteiger partial charge in [0.2, 0.25) is 5.16 Å². The highest BCUT2D eigenvalue weighted by atomic mass is 32.2. The third-order valence-corrected chi connectivity index (χ3v) is 3.93. The molecule has 20 heavy (non-hydrogen) atoms. The zero-order valence-corrected chi connectivity index (χ0v) is 11.9. The number of aryl methyl sites for hydroxylation is 1. The summed E-state index contributed by atoms with van der Waals surface area (Å²) in [7, 11) is 0. The van der Waals surface area contributed by atoms with Crippen molar-refractivity contribution in [1.82, 2.24) is 20.2 Å². The Hall–Kier alpha value is -2.14. The minimum Gasteiger partial charge on any atom is -0.265 e. The summed E-state index contributed by atoms with van der Waals surface area (Å²) in [6.07, 6.45) is 3.50. The number of aromatic nitrogens is 4. The van der Waals surface area contributed by atoms with Gasteiger partial charge in [-0.3, -0.25) is 10.1 Å². The molecule has 0 radical (unpaired) electrons.